The van der Waals surface area contributed by atoms with Gasteiger partial charge in [-0.1, -0.05) is 0 Å². The normalized spacial score (nSPS) is 11.8. The van der Waals surface area contributed by atoms with Crippen LogP contribution in [0.2, 0.25) is 0 Å². The van der Waals surface area contributed by atoms with Gasteiger partial charge in [-0.3, -0.25) is 4.79 Å². The standard InChI is InChI=1S/C12H8F3NO4/c1-4-7-5(12(13,14)15)2-3-6(17)9(7)16-10(18)8(4)11(19)20/h2-3,17H,1H3,(H,16,18)(H,19,20). The van der Waals surface area contributed by atoms with Crippen molar-refractivity contribution < 1.29 is 28.2 Å². The molecular formula is C12H8F3NO4. The largest absolute Gasteiger partial charge is 0.506 e. The van der Waals surface area contributed by atoms with Gasteiger partial charge in [0.25, 0.3) is 5.56 Å². The number of H-pyrrole nitrogens is 1. The summed E-state index contributed by atoms with van der Waals surface area (Å²) in [6.07, 6.45) is -4.75. The van der Waals surface area contributed by atoms with Crippen LogP contribution in [0.1, 0.15) is 21.5 Å². The zero-order valence-electron chi connectivity index (χ0n) is 10.00. The third-order valence-corrected chi connectivity index (χ3v) is 2.92. The maximum atomic E-state index is 12.9. The van der Waals surface area contributed by atoms with E-state index in [1.807, 2.05) is 4.98 Å². The van der Waals surface area contributed by atoms with Gasteiger partial charge in [0.15, 0.2) is 0 Å². The molecule has 1 aromatic carbocycles. The van der Waals surface area contributed by atoms with Gasteiger partial charge in [0, 0.05) is 5.39 Å². The number of aromatic hydroxyl groups is 1. The molecule has 0 atom stereocenters. The minimum absolute atomic E-state index is 0.348. The van der Waals surface area contributed by atoms with Crippen molar-refractivity contribution in [2.45, 2.75) is 13.1 Å². The molecule has 8 heteroatoms. The molecule has 0 radical (unpaired) electrons. The Hall–Kier alpha value is -2.51. The highest BCUT2D eigenvalue weighted by atomic mass is 19.4. The summed E-state index contributed by atoms with van der Waals surface area (Å²) in [7, 11) is 0. The fourth-order valence-corrected chi connectivity index (χ4v) is 2.07. The number of aromatic nitrogens is 1. The van der Waals surface area contributed by atoms with Crippen LogP contribution in [0.15, 0.2) is 16.9 Å². The number of phenolic OH excluding ortho intramolecular Hbond substituents is 1. The molecule has 106 valence electrons. The highest BCUT2D eigenvalue weighted by molar-refractivity contribution is 5.98. The molecule has 0 spiro atoms. The van der Waals surface area contributed by atoms with E-state index in [4.69, 9.17) is 5.11 Å². The molecule has 0 aliphatic rings. The highest BCUT2D eigenvalue weighted by Crippen LogP contribution is 2.38. The van der Waals surface area contributed by atoms with Crippen LogP contribution in [0.5, 0.6) is 5.75 Å². The zero-order valence-corrected chi connectivity index (χ0v) is 10.00. The number of pyridine rings is 1. The van der Waals surface area contributed by atoms with Crippen molar-refractivity contribution in [2.24, 2.45) is 0 Å². The topological polar surface area (TPSA) is 90.4 Å². The average molecular weight is 287 g/mol. The Morgan fingerprint density at radius 3 is 2.40 bits per heavy atom. The van der Waals surface area contributed by atoms with Crippen LogP contribution < -0.4 is 5.56 Å². The van der Waals surface area contributed by atoms with Gasteiger partial charge in [-0.15, -0.1) is 0 Å². The molecular weight excluding hydrogens is 279 g/mol. The quantitative estimate of drug-likeness (QED) is 0.750. The number of halogens is 3. The molecule has 1 heterocycles. The Balaban J connectivity index is 3.08. The number of hydrogen-bond acceptors (Lipinski definition) is 3. The Bertz CT molecular complexity index is 777. The van der Waals surface area contributed by atoms with E-state index in [0.29, 0.717) is 6.07 Å². The first-order valence-corrected chi connectivity index (χ1v) is 5.33. The summed E-state index contributed by atoms with van der Waals surface area (Å²) in [4.78, 5) is 24.5. The van der Waals surface area contributed by atoms with E-state index in [1.165, 1.54) is 0 Å². The molecule has 5 nitrogen and oxygen atoms in total. The summed E-state index contributed by atoms with van der Waals surface area (Å²) in [5.41, 5.74) is -3.76. The van der Waals surface area contributed by atoms with Crippen molar-refractivity contribution in [1.82, 2.24) is 4.98 Å². The molecule has 20 heavy (non-hydrogen) atoms. The summed E-state index contributed by atoms with van der Waals surface area (Å²) in [6.45, 7) is 1.09. The molecule has 0 aliphatic carbocycles. The lowest BCUT2D eigenvalue weighted by molar-refractivity contribution is -0.136. The second kappa shape index (κ2) is 4.26. The molecule has 0 saturated carbocycles. The number of rotatable bonds is 1. The first-order valence-electron chi connectivity index (χ1n) is 5.33. The van der Waals surface area contributed by atoms with Crippen LogP contribution in [-0.2, 0) is 6.18 Å². The van der Waals surface area contributed by atoms with Crippen molar-refractivity contribution in [3.8, 4) is 5.75 Å². The van der Waals surface area contributed by atoms with E-state index >= 15 is 0 Å². The lowest BCUT2D eigenvalue weighted by Crippen LogP contribution is -2.21. The fraction of sp³-hybridized carbons (Fsp3) is 0.167. The Morgan fingerprint density at radius 1 is 1.30 bits per heavy atom. The second-order valence-corrected chi connectivity index (χ2v) is 4.14. The minimum Gasteiger partial charge on any atom is -0.506 e. The summed E-state index contributed by atoms with van der Waals surface area (Å²) >= 11 is 0. The molecule has 0 bridgehead atoms. The van der Waals surface area contributed by atoms with Crippen LogP contribution in [-0.4, -0.2) is 21.2 Å². The van der Waals surface area contributed by atoms with Gasteiger partial charge in [-0.05, 0) is 24.6 Å². The zero-order chi connectivity index (χ0) is 15.2. The molecule has 3 N–H and O–H groups in total. The summed E-state index contributed by atoms with van der Waals surface area (Å²) < 4.78 is 38.8. The highest BCUT2D eigenvalue weighted by Gasteiger charge is 2.34. The molecule has 0 saturated heterocycles. The number of carbonyl (C=O) groups is 1. The van der Waals surface area contributed by atoms with E-state index in [0.717, 1.165) is 13.0 Å². The number of aryl methyl sites for hydroxylation is 1. The van der Waals surface area contributed by atoms with Crippen molar-refractivity contribution in [3.63, 3.8) is 0 Å². The molecule has 1 aromatic heterocycles. The number of alkyl halides is 3. The minimum atomic E-state index is -4.75. The Morgan fingerprint density at radius 2 is 1.90 bits per heavy atom. The van der Waals surface area contributed by atoms with Gasteiger partial charge >= 0.3 is 12.1 Å². The predicted molar refractivity (Wildman–Crippen MR) is 62.9 cm³/mol. The number of fused-ring (bicyclic) bond motifs is 1. The van der Waals surface area contributed by atoms with E-state index in [2.05, 4.69) is 0 Å². The predicted octanol–water partition coefficient (Wildman–Crippen LogP) is 2.26. The molecule has 0 aliphatic heterocycles. The van der Waals surface area contributed by atoms with Gasteiger partial charge in [0.1, 0.15) is 11.3 Å². The van der Waals surface area contributed by atoms with Crippen LogP contribution in [0, 0.1) is 6.92 Å². The lowest BCUT2D eigenvalue weighted by atomic mass is 9.99. The number of hydrogen-bond donors (Lipinski definition) is 3. The summed E-state index contributed by atoms with van der Waals surface area (Å²) in [6, 6.07) is 1.43. The van der Waals surface area contributed by atoms with Crippen LogP contribution in [0.25, 0.3) is 10.9 Å². The SMILES string of the molecule is Cc1c(C(=O)O)c(=O)[nH]c2c(O)ccc(C(F)(F)F)c12. The number of carboxylic acid groups (broad SMARTS) is 1. The summed E-state index contributed by atoms with van der Waals surface area (Å²) in [5.74, 6) is -2.20. The number of aromatic amines is 1. The van der Waals surface area contributed by atoms with Crippen molar-refractivity contribution in [2.75, 3.05) is 0 Å². The smallest absolute Gasteiger partial charge is 0.417 e. The lowest BCUT2D eigenvalue weighted by Gasteiger charge is -2.14. The third kappa shape index (κ3) is 1.98. The average Bonchev–Trinajstić information content (AvgIpc) is 2.28. The van der Waals surface area contributed by atoms with Crippen molar-refractivity contribution >= 4 is 16.9 Å². The molecule has 0 fully saturated rings. The number of aromatic carboxylic acids is 1. The fourth-order valence-electron chi connectivity index (χ4n) is 2.07. The Labute approximate surface area is 109 Å². The number of phenols is 1. The third-order valence-electron chi connectivity index (χ3n) is 2.92. The van der Waals surface area contributed by atoms with Crippen molar-refractivity contribution in [3.05, 3.63) is 39.2 Å². The second-order valence-electron chi connectivity index (χ2n) is 4.14. The van der Waals surface area contributed by atoms with E-state index in [1.54, 1.807) is 0 Å². The monoisotopic (exact) mass is 287 g/mol. The number of carboxylic acids is 1. The van der Waals surface area contributed by atoms with Crippen LogP contribution >= 0.6 is 0 Å². The number of nitrogens with one attached hydrogen (secondary N) is 1. The van der Waals surface area contributed by atoms with E-state index < -0.39 is 45.5 Å². The van der Waals surface area contributed by atoms with Gasteiger partial charge in [-0.2, -0.15) is 13.2 Å². The van der Waals surface area contributed by atoms with E-state index in [-0.39, 0.29) is 5.56 Å². The first kappa shape index (κ1) is 13.9. The molecule has 0 unspecified atom stereocenters. The van der Waals surface area contributed by atoms with Crippen LogP contribution in [0.3, 0.4) is 0 Å². The molecule has 2 aromatic rings. The van der Waals surface area contributed by atoms with E-state index in [9.17, 15) is 27.9 Å². The maximum absolute atomic E-state index is 12.9. The maximum Gasteiger partial charge on any atom is 0.417 e. The molecule has 2 rings (SSSR count). The Kier molecular flexibility index (Phi) is 2.96. The molecule has 0 amide bonds. The number of benzene rings is 1. The van der Waals surface area contributed by atoms with Gasteiger partial charge in [0.05, 0.1) is 11.1 Å². The van der Waals surface area contributed by atoms with Gasteiger partial charge in [-0.25, -0.2) is 4.79 Å². The van der Waals surface area contributed by atoms with Crippen molar-refractivity contribution in [1.29, 1.82) is 0 Å². The summed E-state index contributed by atoms with van der Waals surface area (Å²) in [5, 5.41) is 17.9. The van der Waals surface area contributed by atoms with Gasteiger partial charge < -0.3 is 15.2 Å². The van der Waals surface area contributed by atoms with Crippen LogP contribution in [0.4, 0.5) is 13.2 Å². The first-order chi connectivity index (χ1) is 9.14. The van der Waals surface area contributed by atoms with Gasteiger partial charge in [0.2, 0.25) is 0 Å².